The van der Waals surface area contributed by atoms with E-state index in [1.165, 1.54) is 25.7 Å². The number of likely N-dealkylation sites (tertiary alicyclic amines) is 1. The predicted molar refractivity (Wildman–Crippen MR) is 73.2 cm³/mol. The molecule has 17 heavy (non-hydrogen) atoms. The minimum Gasteiger partial charge on any atom is -0.395 e. The van der Waals surface area contributed by atoms with Crippen LogP contribution in [0.3, 0.4) is 0 Å². The summed E-state index contributed by atoms with van der Waals surface area (Å²) < 4.78 is 0. The lowest BCUT2D eigenvalue weighted by molar-refractivity contribution is 0.103. The van der Waals surface area contributed by atoms with Crippen molar-refractivity contribution < 1.29 is 5.11 Å². The third-order valence-corrected chi connectivity index (χ3v) is 3.95. The van der Waals surface area contributed by atoms with Gasteiger partial charge in [-0.25, -0.2) is 0 Å². The molecule has 1 fully saturated rings. The number of nitrogens with one attached hydrogen (secondary N) is 1. The van der Waals surface area contributed by atoms with Crippen molar-refractivity contribution in [1.82, 2.24) is 10.2 Å². The number of hydrogen-bond acceptors (Lipinski definition) is 3. The van der Waals surface area contributed by atoms with E-state index < -0.39 is 0 Å². The molecule has 2 N–H and O–H groups in total. The van der Waals surface area contributed by atoms with Crippen LogP contribution < -0.4 is 5.32 Å². The highest BCUT2D eigenvalue weighted by atomic mass is 16.3. The fraction of sp³-hybridized carbons (Fsp3) is 1.00. The largest absolute Gasteiger partial charge is 0.395 e. The summed E-state index contributed by atoms with van der Waals surface area (Å²) in [6, 6.07) is 0.410. The lowest BCUT2D eigenvalue weighted by Gasteiger charge is -2.36. The van der Waals surface area contributed by atoms with Crippen molar-refractivity contribution in [2.75, 3.05) is 32.8 Å². The molecule has 0 radical (unpaired) electrons. The molecular weight excluding hydrogens is 212 g/mol. The molecule has 1 saturated heterocycles. The van der Waals surface area contributed by atoms with Crippen LogP contribution in [0.2, 0.25) is 0 Å². The molecular formula is C14H30N2O. The highest BCUT2D eigenvalue weighted by Crippen LogP contribution is 2.28. The third kappa shape index (κ3) is 4.57. The Kier molecular flexibility index (Phi) is 6.45. The number of nitrogens with zero attached hydrogens (tertiary/aromatic N) is 1. The van der Waals surface area contributed by atoms with Gasteiger partial charge in [-0.3, -0.25) is 4.90 Å². The second-order valence-electron chi connectivity index (χ2n) is 5.79. The van der Waals surface area contributed by atoms with E-state index in [4.69, 9.17) is 0 Å². The van der Waals surface area contributed by atoms with E-state index in [0.29, 0.717) is 18.1 Å². The Labute approximate surface area is 107 Å². The molecule has 0 spiro atoms. The van der Waals surface area contributed by atoms with Gasteiger partial charge in [0.25, 0.3) is 0 Å². The van der Waals surface area contributed by atoms with Gasteiger partial charge in [-0.1, -0.05) is 27.2 Å². The van der Waals surface area contributed by atoms with Crippen LogP contribution >= 0.6 is 0 Å². The standard InChI is InChI=1S/C14H30N2O/c1-4-8-14(3,11-15-5-2)12-16-9-6-7-13(16)10-17/h13,15,17H,4-12H2,1-3H3. The maximum atomic E-state index is 9.38. The lowest BCUT2D eigenvalue weighted by Crippen LogP contribution is -2.45. The highest BCUT2D eigenvalue weighted by Gasteiger charge is 2.31. The first-order valence-electron chi connectivity index (χ1n) is 7.21. The number of aliphatic hydroxyl groups excluding tert-OH is 1. The second kappa shape index (κ2) is 7.34. The molecule has 1 aliphatic heterocycles. The van der Waals surface area contributed by atoms with Crippen molar-refractivity contribution in [3.05, 3.63) is 0 Å². The van der Waals surface area contributed by atoms with E-state index in [1.54, 1.807) is 0 Å². The maximum absolute atomic E-state index is 9.38. The van der Waals surface area contributed by atoms with Gasteiger partial charge >= 0.3 is 0 Å². The summed E-state index contributed by atoms with van der Waals surface area (Å²) >= 11 is 0. The minimum atomic E-state index is 0.323. The Morgan fingerprint density at radius 3 is 2.76 bits per heavy atom. The molecule has 0 bridgehead atoms. The van der Waals surface area contributed by atoms with Crippen LogP contribution in [0.25, 0.3) is 0 Å². The van der Waals surface area contributed by atoms with Gasteiger partial charge in [-0.2, -0.15) is 0 Å². The van der Waals surface area contributed by atoms with Crippen LogP contribution in [-0.4, -0.2) is 48.8 Å². The van der Waals surface area contributed by atoms with E-state index in [9.17, 15) is 5.11 Å². The van der Waals surface area contributed by atoms with Crippen molar-refractivity contribution in [1.29, 1.82) is 0 Å². The Bertz CT molecular complexity index is 210. The number of hydrogen-bond donors (Lipinski definition) is 2. The molecule has 2 atom stereocenters. The maximum Gasteiger partial charge on any atom is 0.0586 e. The Morgan fingerprint density at radius 1 is 1.41 bits per heavy atom. The fourth-order valence-electron chi connectivity index (χ4n) is 3.05. The SMILES string of the molecule is CCCC(C)(CNCC)CN1CCCC1CO. The van der Waals surface area contributed by atoms with Crippen LogP contribution in [0, 0.1) is 5.41 Å². The van der Waals surface area contributed by atoms with Gasteiger partial charge < -0.3 is 10.4 Å². The molecule has 2 unspecified atom stereocenters. The first-order valence-corrected chi connectivity index (χ1v) is 7.21. The zero-order valence-corrected chi connectivity index (χ0v) is 11.8. The second-order valence-corrected chi connectivity index (χ2v) is 5.79. The monoisotopic (exact) mass is 242 g/mol. The molecule has 0 amide bonds. The topological polar surface area (TPSA) is 35.5 Å². The smallest absolute Gasteiger partial charge is 0.0586 e. The van der Waals surface area contributed by atoms with E-state index in [2.05, 4.69) is 31.0 Å². The van der Waals surface area contributed by atoms with E-state index in [1.807, 2.05) is 0 Å². The summed E-state index contributed by atoms with van der Waals surface area (Å²) in [5.74, 6) is 0. The van der Waals surface area contributed by atoms with Crippen molar-refractivity contribution in [3.8, 4) is 0 Å². The quantitative estimate of drug-likeness (QED) is 0.682. The summed E-state index contributed by atoms with van der Waals surface area (Å²) in [4.78, 5) is 2.49. The minimum absolute atomic E-state index is 0.323. The van der Waals surface area contributed by atoms with Crippen LogP contribution in [0.5, 0.6) is 0 Å². The predicted octanol–water partition coefficient (Wildman–Crippen LogP) is 1.86. The van der Waals surface area contributed by atoms with Gasteiger partial charge in [0.1, 0.15) is 0 Å². The van der Waals surface area contributed by atoms with Crippen molar-refractivity contribution in [3.63, 3.8) is 0 Å². The molecule has 3 nitrogen and oxygen atoms in total. The van der Waals surface area contributed by atoms with Gasteiger partial charge in [0.2, 0.25) is 0 Å². The van der Waals surface area contributed by atoms with Gasteiger partial charge in [0.15, 0.2) is 0 Å². The summed E-state index contributed by atoms with van der Waals surface area (Å²) in [6.45, 7) is 11.6. The van der Waals surface area contributed by atoms with Crippen LogP contribution in [0.4, 0.5) is 0 Å². The molecule has 1 heterocycles. The zero-order chi connectivity index (χ0) is 12.7. The molecule has 102 valence electrons. The van der Waals surface area contributed by atoms with Gasteiger partial charge in [0.05, 0.1) is 6.61 Å². The molecule has 1 rings (SSSR count). The number of rotatable bonds is 8. The molecule has 1 aliphatic rings. The summed E-state index contributed by atoms with van der Waals surface area (Å²) in [7, 11) is 0. The first-order chi connectivity index (χ1) is 8.15. The highest BCUT2D eigenvalue weighted by molar-refractivity contribution is 4.86. The average molecular weight is 242 g/mol. The molecule has 0 saturated carbocycles. The van der Waals surface area contributed by atoms with Gasteiger partial charge in [0, 0.05) is 19.1 Å². The summed E-state index contributed by atoms with van der Waals surface area (Å²) in [6.07, 6.45) is 4.91. The number of aliphatic hydroxyl groups is 1. The van der Waals surface area contributed by atoms with Gasteiger partial charge in [-0.05, 0) is 37.8 Å². The van der Waals surface area contributed by atoms with Crippen molar-refractivity contribution in [2.45, 2.75) is 52.5 Å². The normalized spacial score (nSPS) is 25.1. The summed E-state index contributed by atoms with van der Waals surface area (Å²) in [5, 5.41) is 12.9. The van der Waals surface area contributed by atoms with Crippen molar-refractivity contribution >= 4 is 0 Å². The Hall–Kier alpha value is -0.120. The average Bonchev–Trinajstić information content (AvgIpc) is 2.74. The van der Waals surface area contributed by atoms with E-state index in [-0.39, 0.29) is 0 Å². The lowest BCUT2D eigenvalue weighted by atomic mass is 9.84. The molecule has 3 heteroatoms. The third-order valence-electron chi connectivity index (χ3n) is 3.95. The van der Waals surface area contributed by atoms with Crippen LogP contribution in [0.15, 0.2) is 0 Å². The Morgan fingerprint density at radius 2 is 2.18 bits per heavy atom. The fourth-order valence-corrected chi connectivity index (χ4v) is 3.05. The summed E-state index contributed by atoms with van der Waals surface area (Å²) in [5.41, 5.74) is 0.350. The molecule has 0 aromatic heterocycles. The van der Waals surface area contributed by atoms with E-state index in [0.717, 1.165) is 26.2 Å². The van der Waals surface area contributed by atoms with E-state index >= 15 is 0 Å². The van der Waals surface area contributed by atoms with Crippen molar-refractivity contribution in [2.24, 2.45) is 5.41 Å². The van der Waals surface area contributed by atoms with Crippen LogP contribution in [-0.2, 0) is 0 Å². The molecule has 0 aromatic carbocycles. The molecule has 0 aromatic rings. The first kappa shape index (κ1) is 14.9. The van der Waals surface area contributed by atoms with Gasteiger partial charge in [-0.15, -0.1) is 0 Å². The zero-order valence-electron chi connectivity index (χ0n) is 11.8. The Balaban J connectivity index is 2.52. The molecule has 0 aliphatic carbocycles. The van der Waals surface area contributed by atoms with Crippen LogP contribution in [0.1, 0.15) is 46.5 Å².